The van der Waals surface area contributed by atoms with Crippen LogP contribution < -0.4 is 0 Å². The molecule has 1 heterocycles. The zero-order valence-corrected chi connectivity index (χ0v) is 18.8. The van der Waals surface area contributed by atoms with Crippen molar-refractivity contribution in [2.24, 2.45) is 5.92 Å². The van der Waals surface area contributed by atoms with E-state index in [9.17, 15) is 9.00 Å². The highest BCUT2D eigenvalue weighted by atomic mass is 32.2. The maximum absolute atomic E-state index is 13.9. The van der Waals surface area contributed by atoms with Crippen molar-refractivity contribution in [3.8, 4) is 0 Å². The van der Waals surface area contributed by atoms with E-state index in [2.05, 4.69) is 53.7 Å². The summed E-state index contributed by atoms with van der Waals surface area (Å²) in [6.45, 7) is 14.0. The molecule has 5 heteroatoms. The maximum Gasteiger partial charge on any atom is 0.162 e. The van der Waals surface area contributed by atoms with Gasteiger partial charge in [0, 0.05) is 17.2 Å². The largest absolute Gasteiger partial charge is 0.350 e. The van der Waals surface area contributed by atoms with Gasteiger partial charge in [0.25, 0.3) is 0 Å². The predicted molar refractivity (Wildman–Crippen MR) is 112 cm³/mol. The van der Waals surface area contributed by atoms with Gasteiger partial charge in [-0.25, -0.2) is 0 Å². The molecule has 1 saturated heterocycles. The molecule has 1 saturated carbocycles. The topological polar surface area (TPSA) is 52.6 Å². The minimum atomic E-state index is -1.41. The van der Waals surface area contributed by atoms with Crippen LogP contribution in [0.15, 0.2) is 17.0 Å². The Hall–Kier alpha value is -1.04. The maximum atomic E-state index is 13.9. The van der Waals surface area contributed by atoms with Crippen LogP contribution in [0.25, 0.3) is 0 Å². The second-order valence-corrected chi connectivity index (χ2v) is 10.5. The normalized spacial score (nSPS) is 24.8. The molecule has 0 aromatic heterocycles. The molecule has 1 aromatic carbocycles. The Labute approximate surface area is 171 Å². The summed E-state index contributed by atoms with van der Waals surface area (Å²) in [5, 5.41) is -0.539. The monoisotopic (exact) mass is 406 g/mol. The van der Waals surface area contributed by atoms with Crippen LogP contribution in [0.4, 0.5) is 0 Å². The highest BCUT2D eigenvalue weighted by molar-refractivity contribution is 7.86. The molecule has 0 N–H and O–H groups in total. The van der Waals surface area contributed by atoms with Gasteiger partial charge in [-0.3, -0.25) is 9.00 Å². The highest BCUT2D eigenvalue weighted by Gasteiger charge is 2.46. The predicted octanol–water partition coefficient (Wildman–Crippen LogP) is 4.89. The molecule has 1 aromatic rings. The van der Waals surface area contributed by atoms with Crippen LogP contribution in [-0.4, -0.2) is 34.7 Å². The molecule has 0 spiro atoms. The Morgan fingerprint density at radius 2 is 1.46 bits per heavy atom. The number of ether oxygens (including phenoxy) is 2. The molecule has 1 aliphatic heterocycles. The SMILES string of the molecule is CC(C)c1cc(C(C)C)c(S(=O)C2C(=O)CC[C@@H]2C2OCCO2)c(C(C)C)c1. The van der Waals surface area contributed by atoms with Crippen molar-refractivity contribution in [3.05, 3.63) is 28.8 Å². The summed E-state index contributed by atoms with van der Waals surface area (Å²) in [6, 6.07) is 4.40. The number of hydrogen-bond acceptors (Lipinski definition) is 4. The Bertz CT molecular complexity index is 718. The van der Waals surface area contributed by atoms with Crippen LogP contribution in [0.1, 0.15) is 88.8 Å². The fourth-order valence-electron chi connectivity index (χ4n) is 4.27. The second-order valence-electron chi connectivity index (χ2n) is 8.99. The van der Waals surface area contributed by atoms with Crippen molar-refractivity contribution in [1.82, 2.24) is 0 Å². The number of carbonyl (C=O) groups is 1. The van der Waals surface area contributed by atoms with Crippen LogP contribution in [0.2, 0.25) is 0 Å². The number of rotatable bonds is 6. The summed E-state index contributed by atoms with van der Waals surface area (Å²) in [5.74, 6) is 0.840. The first kappa shape index (κ1) is 21.7. The van der Waals surface area contributed by atoms with E-state index in [4.69, 9.17) is 9.47 Å². The lowest BCUT2D eigenvalue weighted by Gasteiger charge is -2.27. The van der Waals surface area contributed by atoms with E-state index >= 15 is 0 Å². The van der Waals surface area contributed by atoms with Gasteiger partial charge in [0.05, 0.1) is 24.0 Å². The summed E-state index contributed by atoms with van der Waals surface area (Å²) >= 11 is 0. The number of benzene rings is 1. The van der Waals surface area contributed by atoms with E-state index < -0.39 is 22.3 Å². The molecule has 3 rings (SSSR count). The van der Waals surface area contributed by atoms with E-state index in [0.29, 0.717) is 32.0 Å². The van der Waals surface area contributed by atoms with Crippen LogP contribution in [0.3, 0.4) is 0 Å². The summed E-state index contributed by atoms with van der Waals surface area (Å²) in [5.41, 5.74) is 3.49. The van der Waals surface area contributed by atoms with Crippen LogP contribution in [0.5, 0.6) is 0 Å². The lowest BCUT2D eigenvalue weighted by atomic mass is 9.89. The number of carbonyl (C=O) groups excluding carboxylic acids is 1. The lowest BCUT2D eigenvalue weighted by molar-refractivity contribution is -0.119. The molecule has 4 nitrogen and oxygen atoms in total. The molecule has 1 aliphatic carbocycles. The van der Waals surface area contributed by atoms with E-state index in [1.807, 2.05) is 0 Å². The summed E-state index contributed by atoms with van der Waals surface area (Å²) in [6.07, 6.45) is 0.751. The van der Waals surface area contributed by atoms with E-state index in [1.54, 1.807) is 0 Å². The van der Waals surface area contributed by atoms with E-state index in [0.717, 1.165) is 16.0 Å². The van der Waals surface area contributed by atoms with Gasteiger partial charge in [-0.2, -0.15) is 0 Å². The van der Waals surface area contributed by atoms with Crippen LogP contribution >= 0.6 is 0 Å². The fraction of sp³-hybridized carbons (Fsp3) is 0.696. The molecule has 2 fully saturated rings. The molecule has 0 amide bonds. The Morgan fingerprint density at radius 3 is 1.93 bits per heavy atom. The van der Waals surface area contributed by atoms with Crippen molar-refractivity contribution < 1.29 is 18.5 Å². The second kappa shape index (κ2) is 8.76. The molecule has 0 radical (unpaired) electrons. The molecule has 2 aliphatic rings. The van der Waals surface area contributed by atoms with Crippen molar-refractivity contribution in [2.75, 3.05) is 13.2 Å². The third-order valence-corrected chi connectivity index (χ3v) is 7.89. The van der Waals surface area contributed by atoms with Crippen molar-refractivity contribution in [1.29, 1.82) is 0 Å². The van der Waals surface area contributed by atoms with Crippen LogP contribution in [0, 0.1) is 5.92 Å². The first-order valence-corrected chi connectivity index (χ1v) is 11.8. The number of ketones is 1. The number of hydrogen-bond donors (Lipinski definition) is 0. The molecule has 28 heavy (non-hydrogen) atoms. The zero-order chi connectivity index (χ0) is 20.6. The minimum Gasteiger partial charge on any atom is -0.350 e. The Kier molecular flexibility index (Phi) is 6.78. The van der Waals surface area contributed by atoms with Gasteiger partial charge in [0.15, 0.2) is 6.29 Å². The lowest BCUT2D eigenvalue weighted by Crippen LogP contribution is -2.36. The van der Waals surface area contributed by atoms with Gasteiger partial charge >= 0.3 is 0 Å². The third-order valence-electron chi connectivity index (χ3n) is 5.94. The Morgan fingerprint density at radius 1 is 0.929 bits per heavy atom. The quantitative estimate of drug-likeness (QED) is 0.675. The minimum absolute atomic E-state index is 0.0831. The molecule has 156 valence electrons. The van der Waals surface area contributed by atoms with Crippen molar-refractivity contribution >= 4 is 16.6 Å². The fourth-order valence-corrected chi connectivity index (χ4v) is 6.52. The third kappa shape index (κ3) is 4.12. The molecule has 0 bridgehead atoms. The summed E-state index contributed by atoms with van der Waals surface area (Å²) in [4.78, 5) is 13.7. The summed E-state index contributed by atoms with van der Waals surface area (Å²) < 4.78 is 25.3. The van der Waals surface area contributed by atoms with Crippen molar-refractivity contribution in [3.63, 3.8) is 0 Å². The summed E-state index contributed by atoms with van der Waals surface area (Å²) in [7, 11) is -1.41. The molecular weight excluding hydrogens is 372 g/mol. The first-order chi connectivity index (χ1) is 13.2. The van der Waals surface area contributed by atoms with Gasteiger partial charge in [-0.05, 0) is 40.9 Å². The smallest absolute Gasteiger partial charge is 0.162 e. The van der Waals surface area contributed by atoms with Gasteiger partial charge in [0.2, 0.25) is 0 Å². The van der Waals surface area contributed by atoms with Gasteiger partial charge < -0.3 is 9.47 Å². The standard InChI is InChI=1S/C23H34O4S/c1-13(2)16-11-18(14(3)4)21(19(12-16)15(5)6)28(25)22-17(7-8-20(22)24)23-26-9-10-27-23/h11-15,17,22-23H,7-10H2,1-6H3/t17-,22?,28?/m0/s1. The zero-order valence-electron chi connectivity index (χ0n) is 18.0. The van der Waals surface area contributed by atoms with Crippen molar-refractivity contribution in [2.45, 2.75) is 88.6 Å². The molecule has 2 unspecified atom stereocenters. The average molecular weight is 407 g/mol. The number of Topliss-reactive ketones (excluding diaryl/α,β-unsaturated/α-hetero) is 1. The van der Waals surface area contributed by atoms with Crippen LogP contribution in [-0.2, 0) is 25.1 Å². The van der Waals surface area contributed by atoms with Gasteiger partial charge in [0.1, 0.15) is 11.0 Å². The van der Waals surface area contributed by atoms with Gasteiger partial charge in [-0.1, -0.05) is 53.7 Å². The highest BCUT2D eigenvalue weighted by Crippen LogP contribution is 2.40. The molecular formula is C23H34O4S. The molecule has 3 atom stereocenters. The average Bonchev–Trinajstić information content (AvgIpc) is 3.29. The van der Waals surface area contributed by atoms with E-state index in [-0.39, 0.29) is 23.5 Å². The Balaban J connectivity index is 2.09. The van der Waals surface area contributed by atoms with E-state index in [1.165, 1.54) is 5.56 Å². The van der Waals surface area contributed by atoms with Gasteiger partial charge in [-0.15, -0.1) is 0 Å². The first-order valence-electron chi connectivity index (χ1n) is 10.6.